The molecular weight excluding hydrogens is 1530 g/mol. The summed E-state index contributed by atoms with van der Waals surface area (Å²) in [6.07, 6.45) is 0. The number of nitrogens with zero attached hydrogens (tertiary/aromatic N) is 6. The first-order valence-corrected chi connectivity index (χ1v) is 37.7. The molecule has 0 atom stereocenters. The number of fused-ring (bicyclic) bond motifs is 10. The lowest BCUT2D eigenvalue weighted by Crippen LogP contribution is -2.10. The summed E-state index contributed by atoms with van der Waals surface area (Å²) in [6.45, 7) is 9.07. The summed E-state index contributed by atoms with van der Waals surface area (Å²) in [5.74, 6) is -0.126. The van der Waals surface area contributed by atoms with Crippen molar-refractivity contribution in [2.24, 2.45) is 25.7 Å². The maximum absolute atomic E-state index is 12.5. The number of ketones is 1. The first kappa shape index (κ1) is 69.3. The molecule has 19 aromatic rings. The number of hydrogen-bond acceptors (Lipinski definition) is 20. The van der Waals surface area contributed by atoms with E-state index in [-0.39, 0.29) is 36.8 Å². The third kappa shape index (κ3) is 12.3. The summed E-state index contributed by atoms with van der Waals surface area (Å²) in [5.41, 5.74) is 12.7. The summed E-state index contributed by atoms with van der Waals surface area (Å²) in [5, 5.41) is 72.4. The monoisotopic (exact) mass is 1570 g/mol. The second-order valence-electron chi connectivity index (χ2n) is 24.6. The predicted molar refractivity (Wildman–Crippen MR) is 444 cm³/mol. The van der Waals surface area contributed by atoms with Crippen LogP contribution in [0.5, 0.6) is 25.3 Å². The Hall–Kier alpha value is -13.1. The third-order valence-corrected chi connectivity index (χ3v) is 23.7. The molecule has 0 saturated carbocycles. The number of aryl methyl sites for hydroxylation is 1. The molecule has 0 unspecified atom stereocenters. The summed E-state index contributed by atoms with van der Waals surface area (Å²) in [4.78, 5) is 78.5. The number of hydrogen-bond donors (Lipinski definition) is 9. The normalized spacial score (nSPS) is 11.6. The number of nitrogens with one attached hydrogen (secondary N) is 4. The number of rotatable bonds is 9. The van der Waals surface area contributed by atoms with Crippen LogP contribution in [0.4, 0.5) is 34.1 Å². The number of Topliss-reactive ketones (excluding diaryl/α,β-unsaturated/α-hetero) is 1. The van der Waals surface area contributed by atoms with Gasteiger partial charge >= 0.3 is 0 Å². The predicted octanol–water partition coefficient (Wildman–Crippen LogP) is 26.2. The van der Waals surface area contributed by atoms with Crippen molar-refractivity contribution < 1.29 is 30.3 Å². The van der Waals surface area contributed by atoms with E-state index in [2.05, 4.69) is 66.4 Å². The Kier molecular flexibility index (Phi) is 18.4. The number of benzene rings is 10. The van der Waals surface area contributed by atoms with Gasteiger partial charge in [0.2, 0.25) is 5.78 Å². The minimum absolute atomic E-state index is 0.126. The Balaban J connectivity index is 0.000000103. The molecule has 0 spiro atoms. The molecule has 0 bridgehead atoms. The molecule has 10 heterocycles. The SMILES string of the molecule is Cc1ccc2[nH]c(-c3c(O)sc4ccccc34)c(N=O)c2c1.O=C1C(c2c(O)sc3ccccc23)=Nc2ccccc21.O=Nc1c(-c2c(O)sc3ccccc23)[nH]c2ccc(Br)cc12.O=Nc1c(-c2c(O)sc3ccccc23)[nH]c2ccccc12.[C-]#[N+]c1ccc2[nH]c(-c3c(O)sc4ccccc34)c(N=O)c2c1. The van der Waals surface area contributed by atoms with Gasteiger partial charge in [-0.3, -0.25) is 4.79 Å². The van der Waals surface area contributed by atoms with Crippen LogP contribution >= 0.6 is 72.6 Å². The minimum Gasteiger partial charge on any atom is -0.499 e. The van der Waals surface area contributed by atoms with E-state index in [1.165, 1.54) is 56.7 Å². The standard InChI is InChI=1S/C17H9N3O2S.C17H12N2O2S.C16H9BrN2O2S.C16H10N2O2S.C16H9NO2S/c1-18-9-6-7-12-11(8-9)15(20-22)16(19-12)14-10-4-2-3-5-13(10)23-17(14)21;1-9-6-7-12-11(8-9)15(19-21)16(18-12)14-10-4-2-3-5-13(10)22-17(14)20;17-8-5-6-11-10(7-8)14(19-21)15(18-11)13-9-3-1-2-4-12(9)22-16(13)20;19-16-13(10-6-2-4-8-12(10)21-16)15-14(18-20)9-5-1-3-7-11(9)17-15;18-15-9-5-1-3-7-11(9)17-14(15)13-10-6-2-4-8-12(10)20-16(13)19/h2-8,19,21H;2-8,18,20H,1H3;1-7,18,20H;1-8,17,19H;1-8,19H. The number of halogens is 1. The zero-order valence-electron chi connectivity index (χ0n) is 55.7. The van der Waals surface area contributed by atoms with Crippen LogP contribution in [-0.4, -0.2) is 57.0 Å². The van der Waals surface area contributed by atoms with Gasteiger partial charge in [-0.05, 0) is 119 Å². The summed E-state index contributed by atoms with van der Waals surface area (Å²) in [7, 11) is 0. The van der Waals surface area contributed by atoms with Gasteiger partial charge in [-0.15, -0.1) is 19.6 Å². The summed E-state index contributed by atoms with van der Waals surface area (Å²) in [6, 6.07) is 69.6. The molecule has 1 aliphatic rings. The molecule has 524 valence electrons. The molecule has 20 rings (SSSR count). The van der Waals surface area contributed by atoms with E-state index < -0.39 is 0 Å². The Morgan fingerprint density at radius 2 is 0.694 bits per heavy atom. The highest BCUT2D eigenvalue weighted by atomic mass is 79.9. The first-order chi connectivity index (χ1) is 52.6. The van der Waals surface area contributed by atoms with Crippen molar-refractivity contribution in [3.8, 4) is 70.3 Å². The quantitative estimate of drug-likeness (QED) is 0.0486. The third-order valence-electron chi connectivity index (χ3n) is 18.3. The van der Waals surface area contributed by atoms with E-state index in [0.29, 0.717) is 101 Å². The zero-order chi connectivity index (χ0) is 74.6. The first-order valence-electron chi connectivity index (χ1n) is 32.8. The molecule has 0 amide bonds. The van der Waals surface area contributed by atoms with Gasteiger partial charge in [-0.25, -0.2) is 9.84 Å². The highest BCUT2D eigenvalue weighted by Gasteiger charge is 2.31. The fourth-order valence-corrected chi connectivity index (χ4v) is 18.6. The molecule has 9 aromatic heterocycles. The van der Waals surface area contributed by atoms with E-state index in [1.807, 2.05) is 207 Å². The van der Waals surface area contributed by atoms with E-state index >= 15 is 0 Å². The number of aromatic amines is 4. The van der Waals surface area contributed by atoms with E-state index in [4.69, 9.17) is 6.57 Å². The number of aromatic hydroxyl groups is 5. The van der Waals surface area contributed by atoms with Crippen LogP contribution in [0.25, 0.3) is 144 Å². The number of thiophene rings is 5. The van der Waals surface area contributed by atoms with Gasteiger partial charge in [-0.1, -0.05) is 212 Å². The van der Waals surface area contributed by atoms with Crippen LogP contribution in [0.2, 0.25) is 0 Å². The molecule has 9 N–H and O–H groups in total. The number of carbonyl (C=O) groups is 1. The fraction of sp³-hybridized carbons (Fsp3) is 0.0122. The lowest BCUT2D eigenvalue weighted by molar-refractivity contribution is 0.107. The van der Waals surface area contributed by atoms with Crippen molar-refractivity contribution in [1.29, 1.82) is 0 Å². The largest absolute Gasteiger partial charge is 0.499 e. The van der Waals surface area contributed by atoms with Gasteiger partial charge in [-0.2, -0.15) is 0 Å². The lowest BCUT2D eigenvalue weighted by atomic mass is 10.0. The molecule has 26 heteroatoms. The lowest BCUT2D eigenvalue weighted by Gasteiger charge is -1.98. The molecular formula is C82H49BrN10O10S5. The van der Waals surface area contributed by atoms with E-state index in [9.17, 15) is 50.0 Å². The van der Waals surface area contributed by atoms with Gasteiger partial charge in [0.05, 0.1) is 62.9 Å². The van der Waals surface area contributed by atoms with Crippen molar-refractivity contribution in [1.82, 2.24) is 19.9 Å². The highest BCUT2D eigenvalue weighted by Crippen LogP contribution is 2.53. The van der Waals surface area contributed by atoms with Crippen molar-refractivity contribution in [2.75, 3.05) is 0 Å². The maximum Gasteiger partial charge on any atom is 0.214 e. The van der Waals surface area contributed by atoms with Gasteiger partial charge < -0.3 is 45.5 Å². The second-order valence-corrected chi connectivity index (χ2v) is 30.7. The average molecular weight is 1570 g/mol. The highest BCUT2D eigenvalue weighted by molar-refractivity contribution is 9.10. The number of nitroso groups, excluding NO2 is 4. The van der Waals surface area contributed by atoms with Crippen LogP contribution in [0.1, 0.15) is 21.5 Å². The smallest absolute Gasteiger partial charge is 0.214 e. The van der Waals surface area contributed by atoms with Crippen LogP contribution in [-0.2, 0) is 0 Å². The van der Waals surface area contributed by atoms with Crippen molar-refractivity contribution in [3.05, 3.63) is 277 Å². The van der Waals surface area contributed by atoms with Crippen LogP contribution < -0.4 is 0 Å². The van der Waals surface area contributed by atoms with Gasteiger partial charge in [0.1, 0.15) is 28.5 Å². The van der Waals surface area contributed by atoms with E-state index in [0.717, 1.165) is 93.2 Å². The van der Waals surface area contributed by atoms with Gasteiger partial charge in [0, 0.05) is 104 Å². The maximum atomic E-state index is 12.5. The Bertz CT molecular complexity index is 6810. The Labute approximate surface area is 637 Å². The molecule has 108 heavy (non-hydrogen) atoms. The van der Waals surface area contributed by atoms with Gasteiger partial charge in [0.15, 0.2) is 31.0 Å². The van der Waals surface area contributed by atoms with E-state index in [1.54, 1.807) is 24.3 Å². The Morgan fingerprint density at radius 3 is 1.11 bits per heavy atom. The minimum atomic E-state index is -0.126. The summed E-state index contributed by atoms with van der Waals surface area (Å²) >= 11 is 9.81. The van der Waals surface area contributed by atoms with Gasteiger partial charge in [0.25, 0.3) is 0 Å². The number of para-hydroxylation sites is 2. The number of H-pyrrole nitrogens is 4. The second kappa shape index (κ2) is 28.7. The zero-order valence-corrected chi connectivity index (χ0v) is 61.4. The fourth-order valence-electron chi connectivity index (χ4n) is 13.5. The van der Waals surface area contributed by atoms with Crippen LogP contribution in [0.15, 0.2) is 255 Å². The number of carbonyl (C=O) groups excluding carboxylic acids is 1. The van der Waals surface area contributed by atoms with Crippen molar-refractivity contribution >= 4 is 212 Å². The van der Waals surface area contributed by atoms with Crippen molar-refractivity contribution in [2.45, 2.75) is 6.92 Å². The number of aromatic nitrogens is 4. The van der Waals surface area contributed by atoms with Crippen molar-refractivity contribution in [3.63, 3.8) is 0 Å². The topological polar surface area (TPSA) is 316 Å². The molecule has 20 nitrogen and oxygen atoms in total. The number of aliphatic imine (C=N–C) groups is 1. The molecule has 0 saturated heterocycles. The molecule has 0 fully saturated rings. The molecule has 1 aliphatic heterocycles. The average Bonchev–Trinajstić information content (AvgIpc) is 1.62. The summed E-state index contributed by atoms with van der Waals surface area (Å²) < 4.78 is 5.66. The Morgan fingerprint density at radius 1 is 0.370 bits per heavy atom. The molecule has 0 radical (unpaired) electrons. The van der Waals surface area contributed by atoms with Crippen LogP contribution in [0, 0.1) is 33.1 Å². The molecule has 0 aliphatic carbocycles. The molecule has 10 aromatic carbocycles. The van der Waals surface area contributed by atoms with Crippen LogP contribution in [0.3, 0.4) is 0 Å².